The van der Waals surface area contributed by atoms with Crippen molar-refractivity contribution in [2.75, 3.05) is 0 Å². The van der Waals surface area contributed by atoms with Gasteiger partial charge in [-0.25, -0.2) is 0 Å². The molecule has 19 heavy (non-hydrogen) atoms. The van der Waals surface area contributed by atoms with Gasteiger partial charge in [-0.05, 0) is 17.7 Å². The second-order valence-electron chi connectivity index (χ2n) is 4.07. The number of benzene rings is 1. The van der Waals surface area contributed by atoms with Crippen molar-refractivity contribution in [2.45, 2.75) is 30.8 Å². The van der Waals surface area contributed by atoms with E-state index < -0.39 is 0 Å². The molecule has 0 aliphatic rings. The van der Waals surface area contributed by atoms with Crippen LogP contribution in [0.3, 0.4) is 0 Å². The van der Waals surface area contributed by atoms with E-state index in [4.69, 9.17) is 0 Å². The molecule has 1 aromatic heterocycles. The molecule has 0 unspecified atom stereocenters. The first-order chi connectivity index (χ1) is 9.24. The summed E-state index contributed by atoms with van der Waals surface area (Å²) >= 11 is 5.15. The number of hydrogen-bond donors (Lipinski definition) is 0. The Balaban J connectivity index is 2.08. The minimum atomic E-state index is 0.763. The van der Waals surface area contributed by atoms with Crippen LogP contribution in [0, 0.1) is 0 Å². The summed E-state index contributed by atoms with van der Waals surface area (Å²) in [4.78, 5) is 0. The van der Waals surface area contributed by atoms with Gasteiger partial charge in [0.15, 0.2) is 5.16 Å². The summed E-state index contributed by atoms with van der Waals surface area (Å²) in [7, 11) is 0. The molecule has 1 aromatic carbocycles. The highest BCUT2D eigenvalue weighted by molar-refractivity contribution is 9.10. The smallest absolute Gasteiger partial charge is 0.191 e. The molecule has 0 N–H and O–H groups in total. The number of nitrogens with zero attached hydrogens (tertiary/aromatic N) is 3. The SMILES string of the molecule is C=CCn1c(CC)nnc1SCc1ccc(Br)cc1. The maximum atomic E-state index is 4.26. The fourth-order valence-corrected chi connectivity index (χ4v) is 2.92. The zero-order valence-electron chi connectivity index (χ0n) is 10.8. The normalized spacial score (nSPS) is 10.6. The molecule has 100 valence electrons. The van der Waals surface area contributed by atoms with E-state index in [0.29, 0.717) is 0 Å². The zero-order chi connectivity index (χ0) is 13.7. The Morgan fingerprint density at radius 1 is 1.32 bits per heavy atom. The van der Waals surface area contributed by atoms with Crippen molar-refractivity contribution >= 4 is 27.7 Å². The Bertz CT molecular complexity index is 548. The van der Waals surface area contributed by atoms with Crippen molar-refractivity contribution in [1.82, 2.24) is 14.8 Å². The molecule has 2 aromatic rings. The molecular formula is C14H16BrN3S. The highest BCUT2D eigenvalue weighted by Gasteiger charge is 2.10. The quantitative estimate of drug-likeness (QED) is 0.587. The van der Waals surface area contributed by atoms with Crippen LogP contribution >= 0.6 is 27.7 Å². The van der Waals surface area contributed by atoms with E-state index in [2.05, 4.69) is 68.5 Å². The maximum absolute atomic E-state index is 4.26. The molecule has 3 nitrogen and oxygen atoms in total. The number of allylic oxidation sites excluding steroid dienone is 1. The lowest BCUT2D eigenvalue weighted by Crippen LogP contribution is -2.02. The van der Waals surface area contributed by atoms with Gasteiger partial charge < -0.3 is 4.57 Å². The summed E-state index contributed by atoms with van der Waals surface area (Å²) in [5.41, 5.74) is 1.28. The first-order valence-corrected chi connectivity index (χ1v) is 7.92. The van der Waals surface area contributed by atoms with Crippen LogP contribution in [0.1, 0.15) is 18.3 Å². The highest BCUT2D eigenvalue weighted by atomic mass is 79.9. The monoisotopic (exact) mass is 337 g/mol. The molecule has 0 bridgehead atoms. The summed E-state index contributed by atoms with van der Waals surface area (Å²) in [6.45, 7) is 6.64. The molecule has 2 rings (SSSR count). The molecule has 0 aliphatic carbocycles. The topological polar surface area (TPSA) is 30.7 Å². The average Bonchev–Trinajstić information content (AvgIpc) is 2.81. The molecule has 0 radical (unpaired) electrons. The van der Waals surface area contributed by atoms with Crippen molar-refractivity contribution < 1.29 is 0 Å². The second kappa shape index (κ2) is 6.91. The standard InChI is InChI=1S/C14H16BrN3S/c1-3-9-18-13(4-2)16-17-14(18)19-10-11-5-7-12(15)8-6-11/h3,5-8H,1,4,9-10H2,2H3. The largest absolute Gasteiger partial charge is 0.302 e. The van der Waals surface area contributed by atoms with Crippen molar-refractivity contribution in [1.29, 1.82) is 0 Å². The Morgan fingerprint density at radius 3 is 2.68 bits per heavy atom. The molecule has 0 aliphatic heterocycles. The van der Waals surface area contributed by atoms with E-state index in [1.807, 2.05) is 6.08 Å². The van der Waals surface area contributed by atoms with Gasteiger partial charge in [0, 0.05) is 23.2 Å². The van der Waals surface area contributed by atoms with Gasteiger partial charge in [-0.1, -0.05) is 52.8 Å². The van der Waals surface area contributed by atoms with Crippen LogP contribution in [0.2, 0.25) is 0 Å². The second-order valence-corrected chi connectivity index (χ2v) is 5.92. The molecule has 0 fully saturated rings. The van der Waals surface area contributed by atoms with Gasteiger partial charge in [0.25, 0.3) is 0 Å². The Hall–Kier alpha value is -1.07. The lowest BCUT2D eigenvalue weighted by Gasteiger charge is -2.06. The van der Waals surface area contributed by atoms with Crippen LogP contribution in [0.25, 0.3) is 0 Å². The third kappa shape index (κ3) is 3.70. The van der Waals surface area contributed by atoms with Gasteiger partial charge in [0.1, 0.15) is 5.82 Å². The number of aromatic nitrogens is 3. The number of halogens is 1. The number of hydrogen-bond acceptors (Lipinski definition) is 3. The number of aryl methyl sites for hydroxylation is 1. The number of rotatable bonds is 6. The number of thioether (sulfide) groups is 1. The van der Waals surface area contributed by atoms with E-state index in [1.54, 1.807) is 11.8 Å². The fraction of sp³-hybridized carbons (Fsp3) is 0.286. The Kier molecular flexibility index (Phi) is 5.22. The van der Waals surface area contributed by atoms with E-state index >= 15 is 0 Å². The third-order valence-corrected chi connectivity index (χ3v) is 4.27. The Labute approximate surface area is 126 Å². The molecule has 0 atom stereocenters. The zero-order valence-corrected chi connectivity index (χ0v) is 13.2. The van der Waals surface area contributed by atoms with Gasteiger partial charge in [-0.2, -0.15) is 0 Å². The minimum Gasteiger partial charge on any atom is -0.302 e. The predicted molar refractivity (Wildman–Crippen MR) is 83.3 cm³/mol. The lowest BCUT2D eigenvalue weighted by atomic mass is 10.2. The van der Waals surface area contributed by atoms with E-state index in [-0.39, 0.29) is 0 Å². The van der Waals surface area contributed by atoms with E-state index in [1.165, 1.54) is 5.56 Å². The molecular weight excluding hydrogens is 322 g/mol. The van der Waals surface area contributed by atoms with Crippen molar-refractivity contribution in [3.63, 3.8) is 0 Å². The van der Waals surface area contributed by atoms with Gasteiger partial charge >= 0.3 is 0 Å². The molecule has 1 heterocycles. The van der Waals surface area contributed by atoms with Crippen LogP contribution in [0.4, 0.5) is 0 Å². The molecule has 0 saturated carbocycles. The Morgan fingerprint density at radius 2 is 2.05 bits per heavy atom. The maximum Gasteiger partial charge on any atom is 0.191 e. The first-order valence-electron chi connectivity index (χ1n) is 6.14. The summed E-state index contributed by atoms with van der Waals surface area (Å²) < 4.78 is 3.22. The summed E-state index contributed by atoms with van der Waals surface area (Å²) in [5.74, 6) is 1.91. The van der Waals surface area contributed by atoms with Crippen molar-refractivity contribution in [3.05, 3.63) is 52.8 Å². The van der Waals surface area contributed by atoms with Gasteiger partial charge in [-0.15, -0.1) is 16.8 Å². The lowest BCUT2D eigenvalue weighted by molar-refractivity contribution is 0.685. The van der Waals surface area contributed by atoms with Gasteiger partial charge in [0.2, 0.25) is 0 Å². The minimum absolute atomic E-state index is 0.763. The summed E-state index contributed by atoms with van der Waals surface area (Å²) in [6, 6.07) is 8.35. The van der Waals surface area contributed by atoms with Crippen LogP contribution in [0.5, 0.6) is 0 Å². The van der Waals surface area contributed by atoms with Crippen LogP contribution in [0.15, 0.2) is 46.5 Å². The van der Waals surface area contributed by atoms with E-state index in [0.717, 1.165) is 34.2 Å². The third-order valence-electron chi connectivity index (χ3n) is 2.70. The van der Waals surface area contributed by atoms with Crippen LogP contribution < -0.4 is 0 Å². The molecule has 0 spiro atoms. The van der Waals surface area contributed by atoms with Crippen molar-refractivity contribution in [2.24, 2.45) is 0 Å². The first kappa shape index (κ1) is 14.3. The summed E-state index contributed by atoms with van der Waals surface area (Å²) in [5, 5.41) is 9.43. The summed E-state index contributed by atoms with van der Waals surface area (Å²) in [6.07, 6.45) is 2.77. The molecule has 0 saturated heterocycles. The van der Waals surface area contributed by atoms with Crippen LogP contribution in [-0.4, -0.2) is 14.8 Å². The van der Waals surface area contributed by atoms with Crippen LogP contribution in [-0.2, 0) is 18.7 Å². The van der Waals surface area contributed by atoms with Gasteiger partial charge in [0.05, 0.1) is 0 Å². The predicted octanol–water partition coefficient (Wildman–Crippen LogP) is 4.08. The highest BCUT2D eigenvalue weighted by Crippen LogP contribution is 2.23. The van der Waals surface area contributed by atoms with Crippen molar-refractivity contribution in [3.8, 4) is 0 Å². The fourth-order valence-electron chi connectivity index (χ4n) is 1.73. The molecule has 5 heteroatoms. The van der Waals surface area contributed by atoms with Gasteiger partial charge in [-0.3, -0.25) is 0 Å². The molecule has 0 amide bonds. The average molecular weight is 338 g/mol. The van der Waals surface area contributed by atoms with E-state index in [9.17, 15) is 0 Å².